The van der Waals surface area contributed by atoms with E-state index in [0.717, 1.165) is 23.2 Å². The first-order chi connectivity index (χ1) is 14.9. The molecule has 0 saturated carbocycles. The zero-order valence-electron chi connectivity index (χ0n) is 17.6. The van der Waals surface area contributed by atoms with Crippen molar-refractivity contribution in [3.8, 4) is 0 Å². The van der Waals surface area contributed by atoms with Crippen LogP contribution in [0.15, 0.2) is 48.5 Å². The van der Waals surface area contributed by atoms with Gasteiger partial charge in [-0.25, -0.2) is 0 Å². The number of rotatable bonds is 5. The highest BCUT2D eigenvalue weighted by Gasteiger charge is 2.48. The van der Waals surface area contributed by atoms with E-state index >= 15 is 0 Å². The van der Waals surface area contributed by atoms with Crippen molar-refractivity contribution < 1.29 is 14.4 Å². The maximum Gasteiger partial charge on any atom is 0.229 e. The second-order valence-electron chi connectivity index (χ2n) is 8.00. The van der Waals surface area contributed by atoms with Crippen LogP contribution in [-0.4, -0.2) is 30.2 Å². The van der Waals surface area contributed by atoms with Crippen molar-refractivity contribution >= 4 is 29.1 Å². The van der Waals surface area contributed by atoms with Gasteiger partial charge in [0, 0.05) is 17.8 Å². The molecule has 8 nitrogen and oxygen atoms in total. The first-order valence-electron chi connectivity index (χ1n) is 10.5. The van der Waals surface area contributed by atoms with E-state index < -0.39 is 24.3 Å². The molecule has 2 aliphatic heterocycles. The third-order valence-corrected chi connectivity index (χ3v) is 5.81. The van der Waals surface area contributed by atoms with Gasteiger partial charge in [0.2, 0.25) is 17.7 Å². The highest BCUT2D eigenvalue weighted by atomic mass is 16.2. The summed E-state index contributed by atoms with van der Waals surface area (Å²) in [6.07, 6.45) is -0.483. The summed E-state index contributed by atoms with van der Waals surface area (Å²) >= 11 is 0. The molecule has 0 bridgehead atoms. The normalized spacial score (nSPS) is 25.1. The molecule has 2 aromatic rings. The van der Waals surface area contributed by atoms with E-state index in [1.54, 1.807) is 0 Å². The number of aryl methyl sites for hydroxylation is 2. The predicted molar refractivity (Wildman–Crippen MR) is 118 cm³/mol. The molecule has 4 unspecified atom stereocenters. The molecule has 0 aromatic heterocycles. The summed E-state index contributed by atoms with van der Waals surface area (Å²) in [5, 5.41) is 15.0. The van der Waals surface area contributed by atoms with Gasteiger partial charge in [-0.2, -0.15) is 0 Å². The molecule has 8 heteroatoms. The van der Waals surface area contributed by atoms with Crippen LogP contribution in [0.25, 0.3) is 0 Å². The van der Waals surface area contributed by atoms with Gasteiger partial charge in [0.15, 0.2) is 6.29 Å². The topological polar surface area (TPSA) is 111 Å². The molecular formula is C23H27N5O3. The van der Waals surface area contributed by atoms with Crippen LogP contribution in [0.1, 0.15) is 24.5 Å². The first-order valence-corrected chi connectivity index (χ1v) is 10.5. The molecule has 2 saturated heterocycles. The minimum absolute atomic E-state index is 0.0353. The van der Waals surface area contributed by atoms with Crippen molar-refractivity contribution in [2.24, 2.45) is 11.8 Å². The van der Waals surface area contributed by atoms with Crippen molar-refractivity contribution in [1.82, 2.24) is 16.0 Å². The van der Waals surface area contributed by atoms with Gasteiger partial charge in [-0.3, -0.25) is 19.7 Å². The standard InChI is InChI=1S/C23H27N5O3/c1-3-14-6-4-5-7-17(14)25-21(30)16-12-18(29)26-20-19(16)22(31)28-23(27-20)24-15-10-8-13(2)9-11-15/h4-11,16,19-20,23-24,27H,3,12H2,1-2H3,(H,25,30)(H,26,29)(H,28,31). The third-order valence-electron chi connectivity index (χ3n) is 5.81. The van der Waals surface area contributed by atoms with E-state index in [4.69, 9.17) is 0 Å². The lowest BCUT2D eigenvalue weighted by atomic mass is 9.81. The van der Waals surface area contributed by atoms with Gasteiger partial charge in [0.1, 0.15) is 0 Å². The molecular weight excluding hydrogens is 394 g/mol. The summed E-state index contributed by atoms with van der Waals surface area (Å²) in [4.78, 5) is 38.4. The minimum Gasteiger partial charge on any atom is -0.353 e. The van der Waals surface area contributed by atoms with E-state index in [1.807, 2.05) is 62.4 Å². The molecule has 162 valence electrons. The van der Waals surface area contributed by atoms with Crippen molar-refractivity contribution in [2.45, 2.75) is 39.1 Å². The number of carbonyl (C=O) groups is 3. The second kappa shape index (κ2) is 8.77. The van der Waals surface area contributed by atoms with Crippen molar-refractivity contribution in [3.05, 3.63) is 59.7 Å². The molecule has 4 atom stereocenters. The number of amides is 3. The predicted octanol–water partition coefficient (Wildman–Crippen LogP) is 1.69. The van der Waals surface area contributed by atoms with Crippen LogP contribution in [0.5, 0.6) is 0 Å². The lowest BCUT2D eigenvalue weighted by Crippen LogP contribution is -2.72. The molecule has 2 aromatic carbocycles. The summed E-state index contributed by atoms with van der Waals surface area (Å²) in [5.74, 6) is -2.34. The first kappa shape index (κ1) is 20.9. The van der Waals surface area contributed by atoms with Crippen molar-refractivity contribution in [2.75, 3.05) is 10.6 Å². The van der Waals surface area contributed by atoms with Gasteiger partial charge in [-0.15, -0.1) is 0 Å². The Balaban J connectivity index is 1.49. The van der Waals surface area contributed by atoms with Gasteiger partial charge < -0.3 is 21.3 Å². The molecule has 5 N–H and O–H groups in total. The van der Waals surface area contributed by atoms with E-state index in [9.17, 15) is 14.4 Å². The van der Waals surface area contributed by atoms with Gasteiger partial charge in [0.25, 0.3) is 0 Å². The van der Waals surface area contributed by atoms with Crippen molar-refractivity contribution in [3.63, 3.8) is 0 Å². The minimum atomic E-state index is -0.767. The van der Waals surface area contributed by atoms with Gasteiger partial charge in [-0.05, 0) is 37.1 Å². The molecule has 31 heavy (non-hydrogen) atoms. The zero-order chi connectivity index (χ0) is 22.0. The summed E-state index contributed by atoms with van der Waals surface area (Å²) in [6, 6.07) is 15.3. The number of piperidine rings is 1. The SMILES string of the molecule is CCc1ccccc1NC(=O)C1CC(=O)NC2NC(Nc3ccc(C)cc3)NC(=O)C21. The summed E-state index contributed by atoms with van der Waals surface area (Å²) in [6.45, 7) is 4.01. The zero-order valence-corrected chi connectivity index (χ0v) is 17.6. The Hall–Kier alpha value is -3.39. The van der Waals surface area contributed by atoms with Gasteiger partial charge in [-0.1, -0.05) is 42.8 Å². The Kier molecular flexibility index (Phi) is 5.90. The number of carbonyl (C=O) groups excluding carboxylic acids is 3. The number of anilines is 2. The molecule has 2 fully saturated rings. The average molecular weight is 422 g/mol. The monoisotopic (exact) mass is 421 g/mol. The number of nitrogens with one attached hydrogen (secondary N) is 5. The number of fused-ring (bicyclic) bond motifs is 1. The summed E-state index contributed by atoms with van der Waals surface area (Å²) < 4.78 is 0. The van der Waals surface area contributed by atoms with E-state index in [-0.39, 0.29) is 24.1 Å². The second-order valence-corrected chi connectivity index (χ2v) is 8.00. The van der Waals surface area contributed by atoms with Gasteiger partial charge in [0.05, 0.1) is 18.0 Å². The number of benzene rings is 2. The maximum atomic E-state index is 13.1. The molecule has 0 aliphatic carbocycles. The largest absolute Gasteiger partial charge is 0.353 e. The molecule has 0 spiro atoms. The maximum absolute atomic E-state index is 13.1. The van der Waals surface area contributed by atoms with E-state index in [0.29, 0.717) is 5.69 Å². The van der Waals surface area contributed by atoms with Crippen LogP contribution in [0, 0.1) is 18.8 Å². The quantitative estimate of drug-likeness (QED) is 0.505. The number of hydrogen-bond acceptors (Lipinski definition) is 5. The molecule has 2 aliphatic rings. The average Bonchev–Trinajstić information content (AvgIpc) is 2.75. The Bertz CT molecular complexity index is 991. The van der Waals surface area contributed by atoms with Crippen LogP contribution in [0.3, 0.4) is 0 Å². The van der Waals surface area contributed by atoms with Gasteiger partial charge >= 0.3 is 0 Å². The van der Waals surface area contributed by atoms with Crippen LogP contribution < -0.4 is 26.6 Å². The Morgan fingerprint density at radius 2 is 1.81 bits per heavy atom. The molecule has 0 radical (unpaired) electrons. The van der Waals surface area contributed by atoms with E-state index in [2.05, 4.69) is 26.6 Å². The molecule has 3 amide bonds. The summed E-state index contributed by atoms with van der Waals surface area (Å²) in [5.41, 5.74) is 3.67. The third kappa shape index (κ3) is 4.54. The van der Waals surface area contributed by atoms with Crippen LogP contribution in [0.2, 0.25) is 0 Å². The summed E-state index contributed by atoms with van der Waals surface area (Å²) in [7, 11) is 0. The Morgan fingerprint density at radius 3 is 2.55 bits per heavy atom. The molecule has 2 heterocycles. The van der Waals surface area contributed by atoms with Crippen LogP contribution >= 0.6 is 0 Å². The fraction of sp³-hybridized carbons (Fsp3) is 0.348. The van der Waals surface area contributed by atoms with E-state index in [1.165, 1.54) is 0 Å². The lowest BCUT2D eigenvalue weighted by Gasteiger charge is -2.43. The Morgan fingerprint density at radius 1 is 1.06 bits per heavy atom. The number of para-hydroxylation sites is 1. The Labute approximate surface area is 181 Å². The smallest absolute Gasteiger partial charge is 0.229 e. The highest BCUT2D eigenvalue weighted by Crippen LogP contribution is 2.28. The van der Waals surface area contributed by atoms with Crippen LogP contribution in [-0.2, 0) is 20.8 Å². The van der Waals surface area contributed by atoms with Crippen molar-refractivity contribution in [1.29, 1.82) is 0 Å². The number of hydrogen-bond donors (Lipinski definition) is 5. The lowest BCUT2D eigenvalue weighted by molar-refractivity contribution is -0.144. The van der Waals surface area contributed by atoms with Crippen LogP contribution in [0.4, 0.5) is 11.4 Å². The fourth-order valence-electron chi connectivity index (χ4n) is 4.15. The molecule has 4 rings (SSSR count). The fourth-order valence-corrected chi connectivity index (χ4v) is 4.15. The highest BCUT2D eigenvalue weighted by molar-refractivity contribution is 6.00.